The number of carbonyl (C=O) groups excluding carboxylic acids is 1. The van der Waals surface area contributed by atoms with Crippen LogP contribution in [0.1, 0.15) is 26.3 Å². The Balaban J connectivity index is 2.18. The van der Waals surface area contributed by atoms with E-state index in [0.29, 0.717) is 13.1 Å². The molecule has 4 nitrogen and oxygen atoms in total. The normalized spacial score (nSPS) is 20.1. The molecular weight excluding hydrogens is 228 g/mol. The molecular formula is C14H20N2O2. The average Bonchev–Trinajstić information content (AvgIpc) is 2.70. The SMILES string of the molecule is CC(C)(C)c1ccc(N2C[C@H](CN)OC2=O)cc1. The zero-order valence-corrected chi connectivity index (χ0v) is 11.1. The molecule has 1 aromatic carbocycles. The van der Waals surface area contributed by atoms with Crippen molar-refractivity contribution in [2.24, 2.45) is 5.73 Å². The Bertz CT molecular complexity index is 434. The van der Waals surface area contributed by atoms with E-state index in [1.807, 2.05) is 12.1 Å². The van der Waals surface area contributed by atoms with Crippen LogP contribution in [0.4, 0.5) is 10.5 Å². The fourth-order valence-corrected chi connectivity index (χ4v) is 2.00. The van der Waals surface area contributed by atoms with Gasteiger partial charge in [0.1, 0.15) is 6.10 Å². The maximum atomic E-state index is 11.7. The van der Waals surface area contributed by atoms with Gasteiger partial charge in [0.25, 0.3) is 0 Å². The zero-order chi connectivity index (χ0) is 13.3. The summed E-state index contributed by atoms with van der Waals surface area (Å²) in [5, 5.41) is 0. The highest BCUT2D eigenvalue weighted by atomic mass is 16.6. The van der Waals surface area contributed by atoms with Crippen LogP contribution >= 0.6 is 0 Å². The minimum absolute atomic E-state index is 0.115. The van der Waals surface area contributed by atoms with Gasteiger partial charge >= 0.3 is 6.09 Å². The molecule has 0 spiro atoms. The highest BCUT2D eigenvalue weighted by Gasteiger charge is 2.31. The van der Waals surface area contributed by atoms with Crippen LogP contribution in [0.15, 0.2) is 24.3 Å². The van der Waals surface area contributed by atoms with Crippen molar-refractivity contribution in [3.05, 3.63) is 29.8 Å². The molecule has 2 N–H and O–H groups in total. The number of nitrogens with two attached hydrogens (primary N) is 1. The Morgan fingerprint density at radius 2 is 1.94 bits per heavy atom. The van der Waals surface area contributed by atoms with Gasteiger partial charge in [-0.1, -0.05) is 32.9 Å². The van der Waals surface area contributed by atoms with Crippen molar-refractivity contribution in [1.29, 1.82) is 0 Å². The molecule has 98 valence electrons. The maximum Gasteiger partial charge on any atom is 0.414 e. The van der Waals surface area contributed by atoms with Crippen molar-refractivity contribution in [3.8, 4) is 0 Å². The number of anilines is 1. The number of nitrogens with zero attached hydrogens (tertiary/aromatic N) is 1. The average molecular weight is 248 g/mol. The van der Waals surface area contributed by atoms with Crippen LogP contribution in [-0.2, 0) is 10.2 Å². The van der Waals surface area contributed by atoms with Gasteiger partial charge in [-0.3, -0.25) is 4.90 Å². The number of hydrogen-bond acceptors (Lipinski definition) is 3. The summed E-state index contributed by atoms with van der Waals surface area (Å²) in [4.78, 5) is 13.3. The van der Waals surface area contributed by atoms with Crippen LogP contribution in [0, 0.1) is 0 Å². The van der Waals surface area contributed by atoms with Crippen LogP contribution in [0.3, 0.4) is 0 Å². The number of rotatable bonds is 2. The van der Waals surface area contributed by atoms with Gasteiger partial charge < -0.3 is 10.5 Å². The van der Waals surface area contributed by atoms with Crippen LogP contribution in [0.2, 0.25) is 0 Å². The van der Waals surface area contributed by atoms with E-state index in [0.717, 1.165) is 5.69 Å². The van der Waals surface area contributed by atoms with Crippen molar-refractivity contribution in [1.82, 2.24) is 0 Å². The van der Waals surface area contributed by atoms with E-state index in [1.54, 1.807) is 4.90 Å². The molecule has 0 radical (unpaired) electrons. The molecule has 2 rings (SSSR count). The number of cyclic esters (lactones) is 1. The predicted molar refractivity (Wildman–Crippen MR) is 71.8 cm³/mol. The number of hydrogen-bond donors (Lipinski definition) is 1. The van der Waals surface area contributed by atoms with Gasteiger partial charge in [-0.25, -0.2) is 4.79 Å². The van der Waals surface area contributed by atoms with Crippen molar-refractivity contribution in [3.63, 3.8) is 0 Å². The zero-order valence-electron chi connectivity index (χ0n) is 11.1. The first-order valence-corrected chi connectivity index (χ1v) is 6.20. The Labute approximate surface area is 108 Å². The van der Waals surface area contributed by atoms with E-state index in [-0.39, 0.29) is 17.6 Å². The van der Waals surface area contributed by atoms with Crippen molar-refractivity contribution in [2.75, 3.05) is 18.0 Å². The highest BCUT2D eigenvalue weighted by Crippen LogP contribution is 2.26. The lowest BCUT2D eigenvalue weighted by Crippen LogP contribution is -2.27. The third kappa shape index (κ3) is 2.48. The summed E-state index contributed by atoms with van der Waals surface area (Å²) in [6.07, 6.45) is -0.506. The monoisotopic (exact) mass is 248 g/mol. The maximum absolute atomic E-state index is 11.7. The van der Waals surface area contributed by atoms with Gasteiger partial charge in [-0.15, -0.1) is 0 Å². The van der Waals surface area contributed by atoms with Crippen molar-refractivity contribution >= 4 is 11.8 Å². The Morgan fingerprint density at radius 3 is 2.39 bits per heavy atom. The molecule has 0 aliphatic carbocycles. The lowest BCUT2D eigenvalue weighted by Gasteiger charge is -2.20. The topological polar surface area (TPSA) is 55.6 Å². The molecule has 1 heterocycles. The Hall–Kier alpha value is -1.55. The van der Waals surface area contributed by atoms with Crippen LogP contribution in [0.25, 0.3) is 0 Å². The molecule has 1 amide bonds. The summed E-state index contributed by atoms with van der Waals surface area (Å²) in [6, 6.07) is 8.03. The molecule has 4 heteroatoms. The van der Waals surface area contributed by atoms with E-state index in [9.17, 15) is 4.79 Å². The van der Waals surface area contributed by atoms with E-state index in [2.05, 4.69) is 32.9 Å². The minimum Gasteiger partial charge on any atom is -0.443 e. The van der Waals surface area contributed by atoms with Crippen LogP contribution < -0.4 is 10.6 Å². The van der Waals surface area contributed by atoms with Gasteiger partial charge in [-0.2, -0.15) is 0 Å². The third-order valence-electron chi connectivity index (χ3n) is 3.18. The van der Waals surface area contributed by atoms with Gasteiger partial charge in [0.15, 0.2) is 0 Å². The predicted octanol–water partition coefficient (Wildman–Crippen LogP) is 2.27. The summed E-state index contributed by atoms with van der Waals surface area (Å²) in [5.74, 6) is 0. The van der Waals surface area contributed by atoms with Crippen molar-refractivity contribution < 1.29 is 9.53 Å². The summed E-state index contributed by atoms with van der Waals surface area (Å²) in [5.41, 5.74) is 7.74. The molecule has 1 aromatic rings. The standard InChI is InChI=1S/C14H20N2O2/c1-14(2,3)10-4-6-11(7-5-10)16-9-12(8-15)18-13(16)17/h4-7,12H,8-9,15H2,1-3H3/t12-/m0/s1. The van der Waals surface area contributed by atoms with Crippen LogP contribution in [-0.4, -0.2) is 25.3 Å². The highest BCUT2D eigenvalue weighted by molar-refractivity contribution is 5.89. The second-order valence-corrected chi connectivity index (χ2v) is 5.65. The van der Waals surface area contributed by atoms with Gasteiger partial charge in [-0.05, 0) is 23.1 Å². The molecule has 0 bridgehead atoms. The molecule has 1 saturated heterocycles. The molecule has 18 heavy (non-hydrogen) atoms. The lowest BCUT2D eigenvalue weighted by molar-refractivity contribution is 0.145. The van der Waals surface area contributed by atoms with E-state index in [1.165, 1.54) is 5.56 Å². The second kappa shape index (κ2) is 4.61. The summed E-state index contributed by atoms with van der Waals surface area (Å²) < 4.78 is 5.14. The Kier molecular flexibility index (Phi) is 3.30. The third-order valence-corrected chi connectivity index (χ3v) is 3.18. The number of ether oxygens (including phenoxy) is 1. The number of amides is 1. The van der Waals surface area contributed by atoms with Gasteiger partial charge in [0.05, 0.1) is 6.54 Å². The van der Waals surface area contributed by atoms with E-state index < -0.39 is 0 Å². The summed E-state index contributed by atoms with van der Waals surface area (Å²) >= 11 is 0. The smallest absolute Gasteiger partial charge is 0.414 e. The quantitative estimate of drug-likeness (QED) is 0.873. The van der Waals surface area contributed by atoms with Crippen molar-refractivity contribution in [2.45, 2.75) is 32.3 Å². The fraction of sp³-hybridized carbons (Fsp3) is 0.500. The first kappa shape index (κ1) is 12.9. The number of benzene rings is 1. The summed E-state index contributed by atoms with van der Waals surface area (Å²) in [6.45, 7) is 7.39. The summed E-state index contributed by atoms with van der Waals surface area (Å²) in [7, 11) is 0. The Morgan fingerprint density at radius 1 is 1.33 bits per heavy atom. The first-order valence-electron chi connectivity index (χ1n) is 6.20. The molecule has 1 aliphatic rings. The number of carbonyl (C=O) groups is 1. The molecule has 0 aromatic heterocycles. The van der Waals surface area contributed by atoms with Crippen LogP contribution in [0.5, 0.6) is 0 Å². The largest absolute Gasteiger partial charge is 0.443 e. The van der Waals surface area contributed by atoms with E-state index in [4.69, 9.17) is 10.5 Å². The molecule has 0 saturated carbocycles. The minimum atomic E-state index is -0.311. The first-order chi connectivity index (χ1) is 8.41. The lowest BCUT2D eigenvalue weighted by atomic mass is 9.87. The van der Waals surface area contributed by atoms with Gasteiger partial charge in [0.2, 0.25) is 0 Å². The van der Waals surface area contributed by atoms with E-state index >= 15 is 0 Å². The molecule has 1 fully saturated rings. The second-order valence-electron chi connectivity index (χ2n) is 5.65. The molecule has 0 unspecified atom stereocenters. The van der Waals surface area contributed by atoms with Gasteiger partial charge in [0, 0.05) is 12.2 Å². The molecule has 1 aliphatic heterocycles. The molecule has 1 atom stereocenters. The fourth-order valence-electron chi connectivity index (χ4n) is 2.00.